The van der Waals surface area contributed by atoms with E-state index in [0.717, 1.165) is 0 Å². The van der Waals surface area contributed by atoms with Gasteiger partial charge in [-0.3, -0.25) is 4.79 Å². The molecule has 5 N–H and O–H groups in total. The van der Waals surface area contributed by atoms with Gasteiger partial charge in [0, 0.05) is 6.54 Å². The van der Waals surface area contributed by atoms with E-state index in [9.17, 15) is 9.59 Å². The monoisotopic (exact) mass is 267 g/mol. The first kappa shape index (κ1) is 14.8. The molecule has 0 spiro atoms. The van der Waals surface area contributed by atoms with Crippen LogP contribution in [0.25, 0.3) is 0 Å². The molecule has 0 aromatic heterocycles. The number of carbonyl (C=O) groups excluding carboxylic acids is 2. The van der Waals surface area contributed by atoms with Crippen LogP contribution in [0.15, 0.2) is 18.2 Å². The minimum absolute atomic E-state index is 0.126. The number of carbonyl (C=O) groups is 2. The third-order valence-electron chi connectivity index (χ3n) is 2.28. The third-order valence-corrected chi connectivity index (χ3v) is 2.28. The average Bonchev–Trinajstić information content (AvgIpc) is 2.39. The minimum atomic E-state index is -0.521. The van der Waals surface area contributed by atoms with E-state index in [1.165, 1.54) is 7.11 Å². The predicted octanol–water partition coefficient (Wildman–Crippen LogP) is -0.0308. The van der Waals surface area contributed by atoms with E-state index in [0.29, 0.717) is 30.1 Å². The zero-order valence-corrected chi connectivity index (χ0v) is 10.6. The summed E-state index contributed by atoms with van der Waals surface area (Å²) in [4.78, 5) is 21.8. The minimum Gasteiger partial charge on any atom is -0.465 e. The molecule has 19 heavy (non-hydrogen) atoms. The van der Waals surface area contributed by atoms with Gasteiger partial charge in [0.1, 0.15) is 6.61 Å². The smallest absolute Gasteiger partial charge is 0.337 e. The topological polar surface area (TPSA) is 117 Å². The number of nitrogens with one attached hydrogen (secondary N) is 1. The highest BCUT2D eigenvalue weighted by Gasteiger charge is 2.08. The molecule has 0 saturated carbocycles. The molecule has 1 amide bonds. The average molecular weight is 267 g/mol. The molecule has 1 aromatic carbocycles. The number of amides is 1. The van der Waals surface area contributed by atoms with Crippen molar-refractivity contribution in [2.24, 2.45) is 5.73 Å². The van der Waals surface area contributed by atoms with Crippen molar-refractivity contribution in [2.45, 2.75) is 0 Å². The fourth-order valence-electron chi connectivity index (χ4n) is 1.38. The van der Waals surface area contributed by atoms with Gasteiger partial charge in [0.25, 0.3) is 0 Å². The lowest BCUT2D eigenvalue weighted by atomic mass is 10.1. The number of anilines is 2. The van der Waals surface area contributed by atoms with Crippen LogP contribution in [0.1, 0.15) is 10.4 Å². The Morgan fingerprint density at radius 2 is 2.11 bits per heavy atom. The van der Waals surface area contributed by atoms with Crippen LogP contribution in [-0.2, 0) is 14.3 Å². The van der Waals surface area contributed by atoms with Gasteiger partial charge in [-0.05, 0) is 18.2 Å². The highest BCUT2D eigenvalue weighted by Crippen LogP contribution is 2.20. The summed E-state index contributed by atoms with van der Waals surface area (Å²) in [7, 11) is 1.31. The maximum absolute atomic E-state index is 11.4. The van der Waals surface area contributed by atoms with E-state index in [4.69, 9.17) is 16.2 Å². The molecular formula is C12H17N3O4. The lowest BCUT2D eigenvalue weighted by molar-refractivity contribution is -0.122. The van der Waals surface area contributed by atoms with Gasteiger partial charge >= 0.3 is 5.97 Å². The zero-order valence-electron chi connectivity index (χ0n) is 10.6. The van der Waals surface area contributed by atoms with Gasteiger partial charge in [-0.1, -0.05) is 0 Å². The first-order chi connectivity index (χ1) is 9.04. The number of hydrogen-bond donors (Lipinski definition) is 3. The summed E-state index contributed by atoms with van der Waals surface area (Å²) in [5.41, 5.74) is 12.2. The number of nitrogen functional groups attached to an aromatic ring is 1. The Balaban J connectivity index is 2.52. The Kier molecular flexibility index (Phi) is 5.62. The van der Waals surface area contributed by atoms with Crippen molar-refractivity contribution in [2.75, 3.05) is 37.9 Å². The first-order valence-corrected chi connectivity index (χ1v) is 5.62. The van der Waals surface area contributed by atoms with Crippen molar-refractivity contribution >= 4 is 23.3 Å². The normalized spacial score (nSPS) is 9.95. The summed E-state index contributed by atoms with van der Waals surface area (Å²) < 4.78 is 9.60. The molecule has 1 rings (SSSR count). The van der Waals surface area contributed by atoms with Crippen LogP contribution in [0.4, 0.5) is 11.4 Å². The lowest BCUT2D eigenvalue weighted by Crippen LogP contribution is -2.20. The molecule has 0 aliphatic heterocycles. The van der Waals surface area contributed by atoms with Crippen molar-refractivity contribution in [3.63, 3.8) is 0 Å². The van der Waals surface area contributed by atoms with Gasteiger partial charge in [-0.2, -0.15) is 0 Å². The SMILES string of the molecule is COC(=O)c1ccc(N)c(NCCOCC(N)=O)c1. The standard InChI is InChI=1S/C12H17N3O4/c1-18-12(17)8-2-3-9(13)10(6-8)15-4-5-19-7-11(14)16/h2-3,6,15H,4-5,7,13H2,1H3,(H2,14,16). The van der Waals surface area contributed by atoms with Gasteiger partial charge < -0.3 is 26.3 Å². The van der Waals surface area contributed by atoms with Crippen LogP contribution in [0.3, 0.4) is 0 Å². The summed E-state index contributed by atoms with van der Waals surface area (Å²) in [6.07, 6.45) is 0. The fourth-order valence-corrected chi connectivity index (χ4v) is 1.38. The van der Waals surface area contributed by atoms with Gasteiger partial charge in [0.05, 0.1) is 30.7 Å². The molecular weight excluding hydrogens is 250 g/mol. The number of nitrogens with two attached hydrogens (primary N) is 2. The second-order valence-corrected chi connectivity index (χ2v) is 3.74. The number of rotatable bonds is 7. The summed E-state index contributed by atoms with van der Waals surface area (Å²) in [6, 6.07) is 4.78. The summed E-state index contributed by atoms with van der Waals surface area (Å²) in [6.45, 7) is 0.603. The van der Waals surface area contributed by atoms with Crippen molar-refractivity contribution in [3.8, 4) is 0 Å². The first-order valence-electron chi connectivity index (χ1n) is 5.62. The maximum Gasteiger partial charge on any atom is 0.337 e. The van der Waals surface area contributed by atoms with Crippen LogP contribution in [0.2, 0.25) is 0 Å². The highest BCUT2D eigenvalue weighted by atomic mass is 16.5. The van der Waals surface area contributed by atoms with Crippen molar-refractivity contribution in [1.29, 1.82) is 0 Å². The third kappa shape index (κ3) is 4.84. The summed E-state index contributed by atoms with van der Waals surface area (Å²) in [5, 5.41) is 3.00. The Bertz CT molecular complexity index is 462. The number of methoxy groups -OCH3 is 1. The molecule has 7 heteroatoms. The molecule has 0 heterocycles. The van der Waals surface area contributed by atoms with E-state index < -0.39 is 11.9 Å². The molecule has 0 radical (unpaired) electrons. The molecule has 0 atom stereocenters. The highest BCUT2D eigenvalue weighted by molar-refractivity contribution is 5.91. The second-order valence-electron chi connectivity index (χ2n) is 3.74. The van der Waals surface area contributed by atoms with Crippen LogP contribution in [0, 0.1) is 0 Å². The Hall–Kier alpha value is -2.28. The van der Waals surface area contributed by atoms with E-state index >= 15 is 0 Å². The molecule has 7 nitrogen and oxygen atoms in total. The number of ether oxygens (including phenoxy) is 2. The quantitative estimate of drug-likeness (QED) is 0.363. The fraction of sp³-hybridized carbons (Fsp3) is 0.333. The van der Waals surface area contributed by atoms with E-state index in [1.54, 1.807) is 18.2 Å². The molecule has 1 aromatic rings. The molecule has 0 bridgehead atoms. The van der Waals surface area contributed by atoms with Crippen LogP contribution >= 0.6 is 0 Å². The van der Waals surface area contributed by atoms with Gasteiger partial charge in [-0.25, -0.2) is 4.79 Å². The Labute approximate surface area is 110 Å². The largest absolute Gasteiger partial charge is 0.465 e. The van der Waals surface area contributed by atoms with Gasteiger partial charge in [0.15, 0.2) is 0 Å². The van der Waals surface area contributed by atoms with E-state index in [-0.39, 0.29) is 6.61 Å². The summed E-state index contributed by atoms with van der Waals surface area (Å²) in [5.74, 6) is -0.958. The number of hydrogen-bond acceptors (Lipinski definition) is 6. The molecule has 0 saturated heterocycles. The number of primary amides is 1. The number of esters is 1. The molecule has 104 valence electrons. The maximum atomic E-state index is 11.4. The Morgan fingerprint density at radius 3 is 2.74 bits per heavy atom. The van der Waals surface area contributed by atoms with Crippen molar-refractivity contribution < 1.29 is 19.1 Å². The van der Waals surface area contributed by atoms with Crippen LogP contribution in [0.5, 0.6) is 0 Å². The molecule has 0 fully saturated rings. The van der Waals surface area contributed by atoms with E-state index in [1.807, 2.05) is 0 Å². The zero-order chi connectivity index (χ0) is 14.3. The van der Waals surface area contributed by atoms with Crippen molar-refractivity contribution in [1.82, 2.24) is 0 Å². The van der Waals surface area contributed by atoms with Gasteiger partial charge in [0.2, 0.25) is 5.91 Å². The van der Waals surface area contributed by atoms with Crippen LogP contribution in [-0.4, -0.2) is 38.7 Å². The summed E-state index contributed by atoms with van der Waals surface area (Å²) >= 11 is 0. The van der Waals surface area contributed by atoms with E-state index in [2.05, 4.69) is 10.1 Å². The lowest BCUT2D eigenvalue weighted by Gasteiger charge is -2.10. The molecule has 0 aliphatic rings. The molecule has 0 unspecified atom stereocenters. The van der Waals surface area contributed by atoms with Gasteiger partial charge in [-0.15, -0.1) is 0 Å². The second kappa shape index (κ2) is 7.22. The predicted molar refractivity (Wildman–Crippen MR) is 70.7 cm³/mol. The molecule has 0 aliphatic carbocycles. The van der Waals surface area contributed by atoms with Crippen LogP contribution < -0.4 is 16.8 Å². The number of benzene rings is 1. The Morgan fingerprint density at radius 1 is 1.37 bits per heavy atom. The van der Waals surface area contributed by atoms with Crippen molar-refractivity contribution in [3.05, 3.63) is 23.8 Å².